The smallest absolute Gasteiger partial charge is 0.181 e. The summed E-state index contributed by atoms with van der Waals surface area (Å²) in [6, 6.07) is 16.4. The SMILES string of the molecule is O=C(Cc1ccc2ncoc2c1)CC1CCN(Cc2ccccc2)CC1. The fourth-order valence-corrected chi connectivity index (χ4v) is 3.82. The van der Waals surface area contributed by atoms with Crippen LogP contribution < -0.4 is 0 Å². The molecule has 0 N–H and O–H groups in total. The third-order valence-electron chi connectivity index (χ3n) is 5.27. The predicted molar refractivity (Wildman–Crippen MR) is 102 cm³/mol. The zero-order chi connectivity index (χ0) is 17.8. The summed E-state index contributed by atoms with van der Waals surface area (Å²) in [4.78, 5) is 19.1. The van der Waals surface area contributed by atoms with Gasteiger partial charge in [0.25, 0.3) is 0 Å². The van der Waals surface area contributed by atoms with E-state index >= 15 is 0 Å². The van der Waals surface area contributed by atoms with Gasteiger partial charge in [-0.15, -0.1) is 0 Å². The van der Waals surface area contributed by atoms with Crippen LogP contribution in [0.4, 0.5) is 0 Å². The summed E-state index contributed by atoms with van der Waals surface area (Å²) in [5.41, 5.74) is 3.97. The van der Waals surface area contributed by atoms with Crippen LogP contribution in [-0.2, 0) is 17.8 Å². The number of ketones is 1. The van der Waals surface area contributed by atoms with Crippen molar-refractivity contribution in [3.8, 4) is 0 Å². The highest BCUT2D eigenvalue weighted by atomic mass is 16.3. The third kappa shape index (κ3) is 4.20. The molecule has 4 heteroatoms. The molecule has 4 nitrogen and oxygen atoms in total. The van der Waals surface area contributed by atoms with Gasteiger partial charge in [-0.1, -0.05) is 36.4 Å². The quantitative estimate of drug-likeness (QED) is 0.668. The van der Waals surface area contributed by atoms with Gasteiger partial charge in [0.05, 0.1) is 0 Å². The number of nitrogens with zero attached hydrogens (tertiary/aromatic N) is 2. The summed E-state index contributed by atoms with van der Waals surface area (Å²) in [5.74, 6) is 0.842. The van der Waals surface area contributed by atoms with Gasteiger partial charge in [0.1, 0.15) is 11.3 Å². The second-order valence-electron chi connectivity index (χ2n) is 7.28. The molecule has 4 rings (SSSR count). The van der Waals surface area contributed by atoms with Crippen LogP contribution in [0.1, 0.15) is 30.4 Å². The van der Waals surface area contributed by atoms with Crippen molar-refractivity contribution in [1.82, 2.24) is 9.88 Å². The van der Waals surface area contributed by atoms with Crippen molar-refractivity contribution in [2.45, 2.75) is 32.2 Å². The number of likely N-dealkylation sites (tertiary alicyclic amines) is 1. The van der Waals surface area contributed by atoms with Crippen LogP contribution in [0.15, 0.2) is 59.3 Å². The molecule has 0 spiro atoms. The predicted octanol–water partition coefficient (Wildman–Crippen LogP) is 4.24. The van der Waals surface area contributed by atoms with E-state index in [9.17, 15) is 4.79 Å². The Morgan fingerprint density at radius 3 is 2.69 bits per heavy atom. The van der Waals surface area contributed by atoms with E-state index in [-0.39, 0.29) is 0 Å². The molecule has 0 unspecified atom stereocenters. The molecule has 2 aromatic carbocycles. The van der Waals surface area contributed by atoms with E-state index in [1.807, 2.05) is 18.2 Å². The Bertz CT molecular complexity index is 864. The molecular weight excluding hydrogens is 324 g/mol. The van der Waals surface area contributed by atoms with Crippen molar-refractivity contribution in [1.29, 1.82) is 0 Å². The van der Waals surface area contributed by atoms with Crippen molar-refractivity contribution in [3.05, 3.63) is 66.1 Å². The van der Waals surface area contributed by atoms with Gasteiger partial charge in [-0.25, -0.2) is 4.98 Å². The maximum Gasteiger partial charge on any atom is 0.181 e. The van der Waals surface area contributed by atoms with Crippen LogP contribution in [0.3, 0.4) is 0 Å². The lowest BCUT2D eigenvalue weighted by Gasteiger charge is -2.31. The maximum absolute atomic E-state index is 12.5. The maximum atomic E-state index is 12.5. The standard InChI is InChI=1S/C22H24N2O2/c25-20(13-19-6-7-21-22(14-19)26-16-23-21)12-17-8-10-24(11-9-17)15-18-4-2-1-3-5-18/h1-7,14,16-17H,8-13,15H2. The molecule has 1 saturated heterocycles. The first-order valence-electron chi connectivity index (χ1n) is 9.36. The zero-order valence-electron chi connectivity index (χ0n) is 14.9. The fourth-order valence-electron chi connectivity index (χ4n) is 3.82. The number of aromatic nitrogens is 1. The largest absolute Gasteiger partial charge is 0.443 e. The first-order valence-corrected chi connectivity index (χ1v) is 9.36. The molecule has 0 bridgehead atoms. The van der Waals surface area contributed by atoms with Gasteiger partial charge < -0.3 is 4.42 Å². The van der Waals surface area contributed by atoms with E-state index in [0.29, 0.717) is 24.5 Å². The van der Waals surface area contributed by atoms with Crippen molar-refractivity contribution in [3.63, 3.8) is 0 Å². The monoisotopic (exact) mass is 348 g/mol. The Morgan fingerprint density at radius 1 is 1.08 bits per heavy atom. The van der Waals surface area contributed by atoms with E-state index in [0.717, 1.165) is 49.1 Å². The molecule has 1 aliphatic heterocycles. The molecule has 134 valence electrons. The van der Waals surface area contributed by atoms with E-state index in [2.05, 4.69) is 40.2 Å². The van der Waals surface area contributed by atoms with Crippen LogP contribution in [0.5, 0.6) is 0 Å². The lowest BCUT2D eigenvalue weighted by Crippen LogP contribution is -2.34. The lowest BCUT2D eigenvalue weighted by atomic mass is 9.90. The van der Waals surface area contributed by atoms with Gasteiger partial charge in [-0.3, -0.25) is 9.69 Å². The Hall–Kier alpha value is -2.46. The zero-order valence-corrected chi connectivity index (χ0v) is 14.9. The van der Waals surface area contributed by atoms with Gasteiger partial charge >= 0.3 is 0 Å². The molecule has 0 atom stereocenters. The minimum Gasteiger partial charge on any atom is -0.443 e. The fraction of sp³-hybridized carbons (Fsp3) is 0.364. The highest BCUT2D eigenvalue weighted by molar-refractivity contribution is 5.82. The Morgan fingerprint density at radius 2 is 1.88 bits per heavy atom. The number of rotatable bonds is 6. The van der Waals surface area contributed by atoms with E-state index in [4.69, 9.17) is 4.42 Å². The minimum absolute atomic E-state index is 0.324. The number of carbonyl (C=O) groups is 1. The van der Waals surface area contributed by atoms with Gasteiger partial charge in [0.2, 0.25) is 0 Å². The summed E-state index contributed by atoms with van der Waals surface area (Å²) in [5, 5.41) is 0. The lowest BCUT2D eigenvalue weighted by molar-refractivity contribution is -0.119. The second kappa shape index (κ2) is 7.83. The normalized spacial score (nSPS) is 16.2. The molecule has 0 saturated carbocycles. The summed E-state index contributed by atoms with van der Waals surface area (Å²) in [6.07, 6.45) is 4.84. The van der Waals surface area contributed by atoms with E-state index < -0.39 is 0 Å². The number of piperidine rings is 1. The van der Waals surface area contributed by atoms with Gasteiger partial charge in [0.15, 0.2) is 12.0 Å². The average molecular weight is 348 g/mol. The first-order chi connectivity index (χ1) is 12.8. The first kappa shape index (κ1) is 17.0. The number of benzene rings is 2. The number of oxazole rings is 1. The Kier molecular flexibility index (Phi) is 5.12. The minimum atomic E-state index is 0.324. The van der Waals surface area contributed by atoms with Crippen LogP contribution in [0.25, 0.3) is 11.1 Å². The molecule has 1 fully saturated rings. The third-order valence-corrected chi connectivity index (χ3v) is 5.27. The summed E-state index contributed by atoms with van der Waals surface area (Å²) in [6.45, 7) is 3.17. The molecular formula is C22H24N2O2. The van der Waals surface area contributed by atoms with E-state index in [1.165, 1.54) is 12.0 Å². The Labute approximate surface area is 153 Å². The number of hydrogen-bond acceptors (Lipinski definition) is 4. The highest BCUT2D eigenvalue weighted by Crippen LogP contribution is 2.23. The Balaban J connectivity index is 1.25. The van der Waals surface area contributed by atoms with Gasteiger partial charge in [0, 0.05) is 19.4 Å². The second-order valence-corrected chi connectivity index (χ2v) is 7.28. The van der Waals surface area contributed by atoms with Crippen molar-refractivity contribution in [2.24, 2.45) is 5.92 Å². The number of carbonyl (C=O) groups excluding carboxylic acids is 1. The molecule has 0 radical (unpaired) electrons. The van der Waals surface area contributed by atoms with Gasteiger partial charge in [-0.2, -0.15) is 0 Å². The molecule has 26 heavy (non-hydrogen) atoms. The van der Waals surface area contributed by atoms with Crippen molar-refractivity contribution >= 4 is 16.9 Å². The van der Waals surface area contributed by atoms with Crippen molar-refractivity contribution < 1.29 is 9.21 Å². The topological polar surface area (TPSA) is 46.3 Å². The average Bonchev–Trinajstić information content (AvgIpc) is 3.12. The number of fused-ring (bicyclic) bond motifs is 1. The summed E-state index contributed by atoms with van der Waals surface area (Å²) in [7, 11) is 0. The molecule has 0 aliphatic carbocycles. The van der Waals surface area contributed by atoms with Crippen LogP contribution in [-0.4, -0.2) is 28.8 Å². The molecule has 3 aromatic rings. The van der Waals surface area contributed by atoms with Crippen LogP contribution >= 0.6 is 0 Å². The number of Topliss-reactive ketones (excluding diaryl/α,β-unsaturated/α-hetero) is 1. The van der Waals surface area contributed by atoms with E-state index in [1.54, 1.807) is 0 Å². The summed E-state index contributed by atoms with van der Waals surface area (Å²) >= 11 is 0. The summed E-state index contributed by atoms with van der Waals surface area (Å²) < 4.78 is 5.32. The highest BCUT2D eigenvalue weighted by Gasteiger charge is 2.21. The molecule has 0 amide bonds. The number of hydrogen-bond donors (Lipinski definition) is 0. The van der Waals surface area contributed by atoms with Gasteiger partial charge in [-0.05, 0) is 55.1 Å². The molecule has 1 aromatic heterocycles. The van der Waals surface area contributed by atoms with Crippen LogP contribution in [0.2, 0.25) is 0 Å². The molecule has 2 heterocycles. The molecule has 1 aliphatic rings. The van der Waals surface area contributed by atoms with Crippen LogP contribution in [0, 0.1) is 5.92 Å². The van der Waals surface area contributed by atoms with Crippen molar-refractivity contribution in [2.75, 3.05) is 13.1 Å².